The molecule has 0 radical (unpaired) electrons. The summed E-state index contributed by atoms with van der Waals surface area (Å²) in [4.78, 5) is 0. The van der Waals surface area contributed by atoms with Gasteiger partial charge in [0.1, 0.15) is 0 Å². The lowest BCUT2D eigenvalue weighted by molar-refractivity contribution is 0.0233. The molecule has 88 valence electrons. The summed E-state index contributed by atoms with van der Waals surface area (Å²) in [7, 11) is 0. The zero-order chi connectivity index (χ0) is 11.9. The van der Waals surface area contributed by atoms with E-state index in [0.717, 1.165) is 24.8 Å². The van der Waals surface area contributed by atoms with Crippen LogP contribution in [0.5, 0.6) is 0 Å². The van der Waals surface area contributed by atoms with Gasteiger partial charge in [0.2, 0.25) is 0 Å². The lowest BCUT2D eigenvalue weighted by Crippen LogP contribution is -2.33. The Morgan fingerprint density at radius 3 is 2.59 bits per heavy atom. The third-order valence-corrected chi connectivity index (χ3v) is 4.71. The van der Waals surface area contributed by atoms with Crippen molar-refractivity contribution in [3.8, 4) is 6.07 Å². The summed E-state index contributed by atoms with van der Waals surface area (Å²) >= 11 is 0. The number of nitriles is 1. The molecule has 4 atom stereocenters. The summed E-state index contributed by atoms with van der Waals surface area (Å²) in [5, 5.41) is 20.1. The molecule has 0 heterocycles. The molecule has 2 fully saturated rings. The van der Waals surface area contributed by atoms with E-state index >= 15 is 0 Å². The molecule has 2 heteroatoms. The molecular weight excluding hydrogens is 210 g/mol. The Hall–Kier alpha value is -1.33. The molecule has 1 aromatic rings. The second kappa shape index (κ2) is 3.85. The quantitative estimate of drug-likeness (QED) is 0.843. The summed E-state index contributed by atoms with van der Waals surface area (Å²) in [6, 6.07) is 12.1. The van der Waals surface area contributed by atoms with Crippen molar-refractivity contribution in [2.45, 2.75) is 31.8 Å². The Labute approximate surface area is 102 Å². The van der Waals surface area contributed by atoms with Crippen molar-refractivity contribution in [3.05, 3.63) is 35.9 Å². The Morgan fingerprint density at radius 1 is 1.29 bits per heavy atom. The smallest absolute Gasteiger partial charge is 0.0979 e. The van der Waals surface area contributed by atoms with Crippen LogP contribution in [-0.4, -0.2) is 5.11 Å². The van der Waals surface area contributed by atoms with Crippen molar-refractivity contribution in [1.29, 1.82) is 5.26 Å². The zero-order valence-corrected chi connectivity index (χ0v) is 9.84. The molecule has 4 unspecified atom stereocenters. The first-order valence-corrected chi connectivity index (χ1v) is 6.40. The van der Waals surface area contributed by atoms with Crippen LogP contribution in [0.25, 0.3) is 0 Å². The first kappa shape index (κ1) is 10.8. The molecule has 0 aromatic heterocycles. The van der Waals surface area contributed by atoms with Gasteiger partial charge in [-0.15, -0.1) is 0 Å². The van der Waals surface area contributed by atoms with Crippen molar-refractivity contribution in [2.75, 3.05) is 0 Å². The third kappa shape index (κ3) is 1.50. The van der Waals surface area contributed by atoms with E-state index < -0.39 is 11.5 Å². The van der Waals surface area contributed by atoms with Crippen LogP contribution in [0.1, 0.15) is 37.4 Å². The van der Waals surface area contributed by atoms with Crippen LogP contribution in [0.3, 0.4) is 0 Å². The Morgan fingerprint density at radius 2 is 2.06 bits per heavy atom. The summed E-state index contributed by atoms with van der Waals surface area (Å²) in [6.45, 7) is 0. The Bertz CT molecular complexity index is 450. The predicted molar refractivity (Wildman–Crippen MR) is 64.9 cm³/mol. The highest BCUT2D eigenvalue weighted by Gasteiger charge is 2.55. The maximum Gasteiger partial charge on any atom is 0.0979 e. The maximum absolute atomic E-state index is 10.6. The number of fused-ring (bicyclic) bond motifs is 2. The number of aliphatic hydroxyl groups excluding tert-OH is 1. The van der Waals surface area contributed by atoms with Crippen molar-refractivity contribution >= 4 is 0 Å². The number of aliphatic hydroxyl groups is 1. The van der Waals surface area contributed by atoms with Gasteiger partial charge < -0.3 is 5.11 Å². The second-order valence-corrected chi connectivity index (χ2v) is 5.55. The van der Waals surface area contributed by atoms with Crippen LogP contribution >= 0.6 is 0 Å². The van der Waals surface area contributed by atoms with Crippen molar-refractivity contribution in [3.63, 3.8) is 0 Å². The third-order valence-electron chi connectivity index (χ3n) is 4.71. The topological polar surface area (TPSA) is 44.0 Å². The Balaban J connectivity index is 1.95. The summed E-state index contributed by atoms with van der Waals surface area (Å²) in [6.07, 6.45) is 3.75. The summed E-state index contributed by atoms with van der Waals surface area (Å²) in [5.74, 6) is 1.06. The van der Waals surface area contributed by atoms with Crippen molar-refractivity contribution in [1.82, 2.24) is 0 Å². The highest BCUT2D eigenvalue weighted by Crippen LogP contribution is 2.60. The lowest BCUT2D eigenvalue weighted by atomic mass is 9.68. The normalized spacial score (nSPS) is 36.7. The average Bonchev–Trinajstić information content (AvgIpc) is 2.99. The van der Waals surface area contributed by atoms with E-state index in [0.29, 0.717) is 11.8 Å². The van der Waals surface area contributed by atoms with Gasteiger partial charge in [-0.05, 0) is 36.7 Å². The molecule has 2 aliphatic rings. The average molecular weight is 227 g/mol. The van der Waals surface area contributed by atoms with E-state index in [9.17, 15) is 10.4 Å². The highest BCUT2D eigenvalue weighted by molar-refractivity contribution is 5.26. The van der Waals surface area contributed by atoms with Gasteiger partial charge >= 0.3 is 0 Å². The van der Waals surface area contributed by atoms with E-state index in [4.69, 9.17) is 0 Å². The SMILES string of the molecule is N#CC1(C(O)c2ccccc2)CC2CCC1C2. The van der Waals surface area contributed by atoms with Gasteiger partial charge in [0.05, 0.1) is 17.6 Å². The van der Waals surface area contributed by atoms with E-state index in [2.05, 4.69) is 6.07 Å². The first-order chi connectivity index (χ1) is 8.26. The van der Waals surface area contributed by atoms with Gasteiger partial charge in [0.15, 0.2) is 0 Å². The van der Waals surface area contributed by atoms with Crippen LogP contribution < -0.4 is 0 Å². The first-order valence-electron chi connectivity index (χ1n) is 6.40. The minimum atomic E-state index is -0.621. The van der Waals surface area contributed by atoms with Crippen molar-refractivity contribution < 1.29 is 5.11 Å². The molecule has 2 bridgehead atoms. The van der Waals surface area contributed by atoms with Crippen LogP contribution in [-0.2, 0) is 0 Å². The molecule has 1 aromatic carbocycles. The zero-order valence-electron chi connectivity index (χ0n) is 9.84. The molecule has 1 N–H and O–H groups in total. The van der Waals surface area contributed by atoms with Gasteiger partial charge in [-0.3, -0.25) is 0 Å². The van der Waals surface area contributed by atoms with E-state index in [1.807, 2.05) is 30.3 Å². The van der Waals surface area contributed by atoms with Crippen LogP contribution in [0.4, 0.5) is 0 Å². The number of hydrogen-bond donors (Lipinski definition) is 1. The molecule has 0 amide bonds. The van der Waals surface area contributed by atoms with Gasteiger partial charge in [-0.25, -0.2) is 0 Å². The van der Waals surface area contributed by atoms with E-state index in [1.54, 1.807) is 0 Å². The minimum absolute atomic E-state index is 0.396. The summed E-state index contributed by atoms with van der Waals surface area (Å²) in [5.41, 5.74) is 0.367. The largest absolute Gasteiger partial charge is 0.387 e. The molecule has 2 aliphatic carbocycles. The maximum atomic E-state index is 10.6. The summed E-state index contributed by atoms with van der Waals surface area (Å²) < 4.78 is 0. The van der Waals surface area contributed by atoms with Gasteiger partial charge in [0, 0.05) is 0 Å². The predicted octanol–water partition coefficient (Wildman–Crippen LogP) is 3.05. The monoisotopic (exact) mass is 227 g/mol. The molecule has 3 rings (SSSR count). The van der Waals surface area contributed by atoms with Crippen LogP contribution in [0.15, 0.2) is 30.3 Å². The number of rotatable bonds is 2. The molecule has 0 saturated heterocycles. The molecule has 17 heavy (non-hydrogen) atoms. The lowest BCUT2D eigenvalue weighted by Gasteiger charge is -2.35. The molecule has 0 aliphatic heterocycles. The Kier molecular flexibility index (Phi) is 2.45. The molecule has 2 saturated carbocycles. The molecule has 2 nitrogen and oxygen atoms in total. The highest BCUT2D eigenvalue weighted by atomic mass is 16.3. The standard InChI is InChI=1S/C15H17NO/c16-10-15(9-11-6-7-13(15)8-11)14(17)12-4-2-1-3-5-12/h1-5,11,13-14,17H,6-9H2. The van der Waals surface area contributed by atoms with E-state index in [1.165, 1.54) is 6.42 Å². The number of hydrogen-bond acceptors (Lipinski definition) is 2. The van der Waals surface area contributed by atoms with Gasteiger partial charge in [-0.2, -0.15) is 5.26 Å². The second-order valence-electron chi connectivity index (χ2n) is 5.55. The van der Waals surface area contributed by atoms with Gasteiger partial charge in [0.25, 0.3) is 0 Å². The van der Waals surface area contributed by atoms with Crippen LogP contribution in [0.2, 0.25) is 0 Å². The van der Waals surface area contributed by atoms with E-state index in [-0.39, 0.29) is 0 Å². The fraction of sp³-hybridized carbons (Fsp3) is 0.533. The fourth-order valence-electron chi connectivity index (χ4n) is 3.84. The minimum Gasteiger partial charge on any atom is -0.387 e. The number of benzene rings is 1. The van der Waals surface area contributed by atoms with Gasteiger partial charge in [-0.1, -0.05) is 36.8 Å². The fourth-order valence-corrected chi connectivity index (χ4v) is 3.84. The molecule has 0 spiro atoms. The number of nitrogens with zero attached hydrogens (tertiary/aromatic N) is 1. The van der Waals surface area contributed by atoms with Crippen molar-refractivity contribution in [2.24, 2.45) is 17.3 Å². The molecular formula is C15H17NO. The van der Waals surface area contributed by atoms with Crippen LogP contribution in [0, 0.1) is 28.6 Å².